The van der Waals surface area contributed by atoms with Crippen molar-refractivity contribution in [2.24, 2.45) is 0 Å². The van der Waals surface area contributed by atoms with E-state index < -0.39 is 11.8 Å². The summed E-state index contributed by atoms with van der Waals surface area (Å²) in [6.07, 6.45) is 3.19. The third kappa shape index (κ3) is 3.41. The summed E-state index contributed by atoms with van der Waals surface area (Å²) in [6.45, 7) is 3.19. The number of aromatic nitrogens is 4. The van der Waals surface area contributed by atoms with E-state index in [-0.39, 0.29) is 11.6 Å². The van der Waals surface area contributed by atoms with Crippen LogP contribution in [0.25, 0.3) is 27.8 Å². The Morgan fingerprint density at radius 1 is 1.26 bits per heavy atom. The Morgan fingerprint density at radius 2 is 2.10 bits per heavy atom. The second-order valence-corrected chi connectivity index (χ2v) is 6.86. The van der Waals surface area contributed by atoms with E-state index in [1.807, 2.05) is 6.92 Å². The molecule has 4 aromatic rings. The summed E-state index contributed by atoms with van der Waals surface area (Å²) < 4.78 is 28.4. The lowest BCUT2D eigenvalue weighted by Gasteiger charge is -2.19. The minimum absolute atomic E-state index is 0.174. The zero-order chi connectivity index (χ0) is 21.4. The van der Waals surface area contributed by atoms with Gasteiger partial charge in [-0.2, -0.15) is 5.10 Å². The molecule has 0 saturated carbocycles. The van der Waals surface area contributed by atoms with Gasteiger partial charge in [0.25, 0.3) is 0 Å². The zero-order valence-electron chi connectivity index (χ0n) is 16.6. The summed E-state index contributed by atoms with van der Waals surface area (Å²) in [5, 5.41) is 9.43. The summed E-state index contributed by atoms with van der Waals surface area (Å²) in [5.74, 6) is 0.892. The summed E-state index contributed by atoms with van der Waals surface area (Å²) in [5.41, 5.74) is 2.01. The van der Waals surface area contributed by atoms with Crippen molar-refractivity contribution in [1.82, 2.24) is 25.1 Å². The Hall–Kier alpha value is -4.08. The Morgan fingerprint density at radius 3 is 2.87 bits per heavy atom. The van der Waals surface area contributed by atoms with Crippen LogP contribution in [0.15, 0.2) is 42.7 Å². The fourth-order valence-corrected chi connectivity index (χ4v) is 3.51. The van der Waals surface area contributed by atoms with E-state index in [1.165, 1.54) is 4.68 Å². The lowest BCUT2D eigenvalue weighted by molar-refractivity contribution is 0.171. The molecule has 3 heterocycles. The normalized spacial score (nSPS) is 12.7. The van der Waals surface area contributed by atoms with Crippen molar-refractivity contribution in [3.63, 3.8) is 0 Å². The van der Waals surface area contributed by atoms with Gasteiger partial charge >= 0.3 is 6.03 Å². The SMILES string of the molecule is CCNC(=O)Nc1nc2c(-n3cccn3)c(F)c(-c3ccc4c(c3)OCCO4)cc2[nH]1. The van der Waals surface area contributed by atoms with Crippen LogP contribution in [0.1, 0.15) is 6.92 Å². The molecule has 0 radical (unpaired) electrons. The van der Waals surface area contributed by atoms with Gasteiger partial charge in [-0.25, -0.2) is 18.9 Å². The maximum absolute atomic E-state index is 15.8. The first-order valence-corrected chi connectivity index (χ1v) is 9.81. The molecule has 10 heteroatoms. The number of halogens is 1. The first-order chi connectivity index (χ1) is 15.1. The van der Waals surface area contributed by atoms with Crippen molar-refractivity contribution in [3.05, 3.63) is 48.5 Å². The van der Waals surface area contributed by atoms with Crippen molar-refractivity contribution in [2.75, 3.05) is 25.1 Å². The predicted octanol–water partition coefficient (Wildman–Crippen LogP) is 3.47. The van der Waals surface area contributed by atoms with Gasteiger partial charge in [-0.05, 0) is 36.8 Å². The Kier molecular flexibility index (Phi) is 4.66. The van der Waals surface area contributed by atoms with Crippen molar-refractivity contribution in [1.29, 1.82) is 0 Å². The number of urea groups is 1. The lowest BCUT2D eigenvalue weighted by Crippen LogP contribution is -2.28. The standard InChI is InChI=1S/C21H19FN6O3/c1-2-23-21(29)27-20-25-14-11-13(12-4-5-15-16(10-12)31-9-8-30-15)17(22)19(18(14)26-20)28-7-3-6-24-28/h3-7,10-11H,2,8-9H2,1H3,(H3,23,25,26,27,29). The van der Waals surface area contributed by atoms with E-state index in [2.05, 4.69) is 25.7 Å². The molecule has 2 aromatic carbocycles. The van der Waals surface area contributed by atoms with Crippen LogP contribution in [0.3, 0.4) is 0 Å². The molecule has 0 aliphatic carbocycles. The molecular formula is C21H19FN6O3. The average Bonchev–Trinajstić information content (AvgIpc) is 3.43. The molecule has 5 rings (SSSR count). The summed E-state index contributed by atoms with van der Waals surface area (Å²) in [7, 11) is 0. The summed E-state index contributed by atoms with van der Waals surface area (Å²) >= 11 is 0. The maximum atomic E-state index is 15.8. The van der Waals surface area contributed by atoms with Gasteiger partial charge in [0.2, 0.25) is 5.95 Å². The van der Waals surface area contributed by atoms with E-state index in [0.29, 0.717) is 53.4 Å². The van der Waals surface area contributed by atoms with Gasteiger partial charge in [-0.1, -0.05) is 6.07 Å². The number of anilines is 1. The van der Waals surface area contributed by atoms with Crippen LogP contribution < -0.4 is 20.1 Å². The number of carbonyl (C=O) groups is 1. The Balaban J connectivity index is 1.67. The summed E-state index contributed by atoms with van der Waals surface area (Å²) in [4.78, 5) is 19.3. The predicted molar refractivity (Wildman–Crippen MR) is 112 cm³/mol. The minimum atomic E-state index is -0.496. The molecule has 1 aliphatic rings. The molecule has 2 amide bonds. The smallest absolute Gasteiger partial charge is 0.321 e. The number of nitrogens with one attached hydrogen (secondary N) is 3. The fraction of sp³-hybridized carbons (Fsp3) is 0.190. The van der Waals surface area contributed by atoms with Crippen LogP contribution in [0.4, 0.5) is 15.1 Å². The van der Waals surface area contributed by atoms with Gasteiger partial charge < -0.3 is 19.8 Å². The third-order valence-corrected chi connectivity index (χ3v) is 4.85. The van der Waals surface area contributed by atoms with Gasteiger partial charge in [0, 0.05) is 24.5 Å². The number of aromatic amines is 1. The van der Waals surface area contributed by atoms with Crippen molar-refractivity contribution >= 4 is 23.0 Å². The zero-order valence-corrected chi connectivity index (χ0v) is 16.6. The molecule has 0 saturated heterocycles. The molecule has 158 valence electrons. The van der Waals surface area contributed by atoms with Gasteiger partial charge in [-0.3, -0.25) is 5.32 Å². The summed E-state index contributed by atoms with van der Waals surface area (Å²) in [6, 6.07) is 8.22. The second kappa shape index (κ2) is 7.63. The van der Waals surface area contributed by atoms with Crippen LogP contribution in [0, 0.1) is 5.82 Å². The Labute approximate surface area is 176 Å². The molecule has 9 nitrogen and oxygen atoms in total. The number of benzene rings is 2. The highest BCUT2D eigenvalue weighted by molar-refractivity contribution is 5.94. The van der Waals surface area contributed by atoms with Crippen LogP contribution in [-0.4, -0.2) is 45.5 Å². The van der Waals surface area contributed by atoms with Crippen LogP contribution in [0.5, 0.6) is 11.5 Å². The monoisotopic (exact) mass is 422 g/mol. The molecule has 0 fully saturated rings. The second-order valence-electron chi connectivity index (χ2n) is 6.86. The van der Waals surface area contributed by atoms with E-state index in [0.717, 1.165) is 0 Å². The first kappa shape index (κ1) is 18.9. The van der Waals surface area contributed by atoms with E-state index in [1.54, 1.807) is 42.7 Å². The molecule has 0 atom stereocenters. The molecular weight excluding hydrogens is 403 g/mol. The molecule has 31 heavy (non-hydrogen) atoms. The van der Waals surface area contributed by atoms with Gasteiger partial charge in [0.15, 0.2) is 17.3 Å². The number of H-pyrrole nitrogens is 1. The van der Waals surface area contributed by atoms with Crippen LogP contribution >= 0.6 is 0 Å². The number of fused-ring (bicyclic) bond motifs is 2. The number of rotatable bonds is 4. The largest absolute Gasteiger partial charge is 0.486 e. The molecule has 3 N–H and O–H groups in total. The minimum Gasteiger partial charge on any atom is -0.486 e. The van der Waals surface area contributed by atoms with Crippen LogP contribution in [-0.2, 0) is 0 Å². The number of ether oxygens (including phenoxy) is 2. The lowest BCUT2D eigenvalue weighted by atomic mass is 10.0. The third-order valence-electron chi connectivity index (χ3n) is 4.85. The van der Waals surface area contributed by atoms with Crippen molar-refractivity contribution in [3.8, 4) is 28.3 Å². The highest BCUT2D eigenvalue weighted by Gasteiger charge is 2.22. The number of carbonyl (C=O) groups excluding carboxylic acids is 1. The van der Waals surface area contributed by atoms with Crippen molar-refractivity contribution in [2.45, 2.75) is 6.92 Å². The van der Waals surface area contributed by atoms with Crippen LogP contribution in [0.2, 0.25) is 0 Å². The first-order valence-electron chi connectivity index (χ1n) is 9.81. The van der Waals surface area contributed by atoms with Gasteiger partial charge in [-0.15, -0.1) is 0 Å². The van der Waals surface area contributed by atoms with Gasteiger partial charge in [0.1, 0.15) is 24.4 Å². The highest BCUT2D eigenvalue weighted by Crippen LogP contribution is 2.38. The van der Waals surface area contributed by atoms with Gasteiger partial charge in [0.05, 0.1) is 5.52 Å². The topological polar surface area (TPSA) is 106 Å². The number of nitrogens with zero attached hydrogens (tertiary/aromatic N) is 3. The number of imidazole rings is 1. The molecule has 0 bridgehead atoms. The quantitative estimate of drug-likeness (QED) is 0.467. The van der Waals surface area contributed by atoms with E-state index in [4.69, 9.17) is 9.47 Å². The van der Waals surface area contributed by atoms with E-state index >= 15 is 4.39 Å². The molecule has 0 spiro atoms. The average molecular weight is 422 g/mol. The van der Waals surface area contributed by atoms with E-state index in [9.17, 15) is 4.79 Å². The Bertz CT molecular complexity index is 1270. The fourth-order valence-electron chi connectivity index (χ4n) is 3.51. The molecule has 1 aliphatic heterocycles. The van der Waals surface area contributed by atoms with Crippen molar-refractivity contribution < 1.29 is 18.7 Å². The molecule has 0 unspecified atom stereocenters. The number of hydrogen-bond donors (Lipinski definition) is 3. The highest BCUT2D eigenvalue weighted by atomic mass is 19.1. The maximum Gasteiger partial charge on any atom is 0.321 e. The number of hydrogen-bond acceptors (Lipinski definition) is 5. The number of amides is 2. The molecule has 2 aromatic heterocycles.